The molecule has 0 aromatic carbocycles. The number of aromatic nitrogens is 2. The van der Waals surface area contributed by atoms with Gasteiger partial charge in [0.25, 0.3) is 0 Å². The summed E-state index contributed by atoms with van der Waals surface area (Å²) < 4.78 is 5.06. The molecule has 90 valence electrons. The first-order valence-electron chi connectivity index (χ1n) is 5.39. The van der Waals surface area contributed by atoms with Crippen LogP contribution in [0.2, 0.25) is 0 Å². The zero-order chi connectivity index (χ0) is 12.3. The molecular formula is C11H13N3O3. The van der Waals surface area contributed by atoms with Crippen LogP contribution < -0.4 is 0 Å². The predicted molar refractivity (Wildman–Crippen MR) is 58.0 cm³/mol. The lowest BCUT2D eigenvalue weighted by Gasteiger charge is -2.13. The molecule has 0 atom stereocenters. The molecule has 2 rings (SSSR count). The molecule has 0 aliphatic heterocycles. The number of carboxylic acids is 1. The lowest BCUT2D eigenvalue weighted by atomic mass is 10.4. The van der Waals surface area contributed by atoms with Gasteiger partial charge in [0.15, 0.2) is 5.82 Å². The van der Waals surface area contributed by atoms with Crippen LogP contribution in [0.5, 0.6) is 0 Å². The van der Waals surface area contributed by atoms with Crippen molar-refractivity contribution in [3.63, 3.8) is 0 Å². The monoisotopic (exact) mass is 235 g/mol. The van der Waals surface area contributed by atoms with E-state index < -0.39 is 5.97 Å². The molecule has 0 spiro atoms. The number of carbonyl (C=O) groups is 1. The van der Waals surface area contributed by atoms with Gasteiger partial charge in [-0.1, -0.05) is 11.1 Å². The molecule has 1 heterocycles. The van der Waals surface area contributed by atoms with Gasteiger partial charge >= 0.3 is 5.97 Å². The Labute approximate surface area is 98.6 Å². The number of nitrogens with zero attached hydrogens (tertiary/aromatic N) is 3. The third-order valence-corrected chi connectivity index (χ3v) is 2.46. The summed E-state index contributed by atoms with van der Waals surface area (Å²) >= 11 is 0. The summed E-state index contributed by atoms with van der Waals surface area (Å²) in [6, 6.07) is 0. The van der Waals surface area contributed by atoms with E-state index in [1.165, 1.54) is 0 Å². The number of hydrogen-bond acceptors (Lipinski definition) is 5. The number of rotatable bonds is 6. The van der Waals surface area contributed by atoms with Gasteiger partial charge in [0.2, 0.25) is 5.89 Å². The van der Waals surface area contributed by atoms with Crippen molar-refractivity contribution in [2.75, 3.05) is 13.1 Å². The second kappa shape index (κ2) is 4.97. The van der Waals surface area contributed by atoms with Crippen molar-refractivity contribution in [2.24, 2.45) is 0 Å². The smallest absolute Gasteiger partial charge is 0.317 e. The summed E-state index contributed by atoms with van der Waals surface area (Å²) in [6.07, 6.45) is 7.37. The summed E-state index contributed by atoms with van der Waals surface area (Å²) in [6.45, 7) is 0.384. The minimum Gasteiger partial charge on any atom is -0.480 e. The fraction of sp³-hybridized carbons (Fsp3) is 0.545. The van der Waals surface area contributed by atoms with E-state index in [2.05, 4.69) is 16.1 Å². The standard InChI is InChI=1S/C11H13N3O3/c1-2-5-14(7-10(15)16)6-9-12-11(13-17-9)8-3-4-8/h1,8H,3-7H2,(H,15,16). The molecular weight excluding hydrogens is 222 g/mol. The molecule has 0 unspecified atom stereocenters. The van der Waals surface area contributed by atoms with Crippen LogP contribution in [0.1, 0.15) is 30.5 Å². The fourth-order valence-corrected chi connectivity index (χ4v) is 1.52. The highest BCUT2D eigenvalue weighted by atomic mass is 16.5. The zero-order valence-corrected chi connectivity index (χ0v) is 9.30. The molecule has 1 fully saturated rings. The van der Waals surface area contributed by atoms with Crippen LogP contribution in [-0.4, -0.2) is 39.2 Å². The Hall–Kier alpha value is -1.87. The molecule has 0 amide bonds. The average molecular weight is 235 g/mol. The predicted octanol–water partition coefficient (Wildman–Crippen LogP) is 0.467. The van der Waals surface area contributed by atoms with E-state index in [1.54, 1.807) is 4.90 Å². The van der Waals surface area contributed by atoms with Gasteiger partial charge in [-0.3, -0.25) is 9.69 Å². The van der Waals surface area contributed by atoms with Crippen LogP contribution in [0.4, 0.5) is 0 Å². The molecule has 0 radical (unpaired) electrons. The van der Waals surface area contributed by atoms with E-state index >= 15 is 0 Å². The van der Waals surface area contributed by atoms with Crippen molar-refractivity contribution in [3.8, 4) is 12.3 Å². The van der Waals surface area contributed by atoms with E-state index in [-0.39, 0.29) is 19.6 Å². The van der Waals surface area contributed by atoms with Crippen molar-refractivity contribution in [2.45, 2.75) is 25.3 Å². The maximum atomic E-state index is 10.6. The molecule has 1 aliphatic carbocycles. The first kappa shape index (κ1) is 11.6. The second-order valence-corrected chi connectivity index (χ2v) is 4.06. The highest BCUT2D eigenvalue weighted by Gasteiger charge is 2.29. The van der Waals surface area contributed by atoms with E-state index in [1.807, 2.05) is 0 Å². The van der Waals surface area contributed by atoms with Gasteiger partial charge in [-0.05, 0) is 12.8 Å². The molecule has 0 bridgehead atoms. The van der Waals surface area contributed by atoms with Crippen LogP contribution in [0.3, 0.4) is 0 Å². The first-order chi connectivity index (χ1) is 8.19. The summed E-state index contributed by atoms with van der Waals surface area (Å²) in [4.78, 5) is 16.4. The van der Waals surface area contributed by atoms with Crippen molar-refractivity contribution in [1.29, 1.82) is 0 Å². The Morgan fingerprint density at radius 2 is 2.41 bits per heavy atom. The molecule has 1 aliphatic rings. The molecule has 1 N–H and O–H groups in total. The molecule has 1 aromatic heterocycles. The van der Waals surface area contributed by atoms with E-state index in [0.717, 1.165) is 18.7 Å². The first-order valence-corrected chi connectivity index (χ1v) is 5.39. The summed E-state index contributed by atoms with van der Waals surface area (Å²) in [5.74, 6) is 3.04. The van der Waals surface area contributed by atoms with Gasteiger partial charge in [0, 0.05) is 5.92 Å². The van der Waals surface area contributed by atoms with Crippen molar-refractivity contribution in [1.82, 2.24) is 15.0 Å². The summed E-state index contributed by atoms with van der Waals surface area (Å²) in [5, 5.41) is 12.6. The highest BCUT2D eigenvalue weighted by molar-refractivity contribution is 5.69. The number of terminal acetylenes is 1. The molecule has 17 heavy (non-hydrogen) atoms. The van der Waals surface area contributed by atoms with Crippen molar-refractivity contribution < 1.29 is 14.4 Å². The van der Waals surface area contributed by atoms with Gasteiger partial charge in [0.05, 0.1) is 19.6 Å². The molecule has 1 saturated carbocycles. The van der Waals surface area contributed by atoms with Crippen LogP contribution in [0, 0.1) is 12.3 Å². The fourth-order valence-electron chi connectivity index (χ4n) is 1.52. The van der Waals surface area contributed by atoms with E-state index in [0.29, 0.717) is 11.8 Å². The molecule has 6 nitrogen and oxygen atoms in total. The van der Waals surface area contributed by atoms with Crippen molar-refractivity contribution in [3.05, 3.63) is 11.7 Å². The lowest BCUT2D eigenvalue weighted by molar-refractivity contribution is -0.138. The maximum Gasteiger partial charge on any atom is 0.317 e. The third-order valence-electron chi connectivity index (χ3n) is 2.46. The second-order valence-electron chi connectivity index (χ2n) is 4.06. The Morgan fingerprint density at radius 1 is 1.65 bits per heavy atom. The summed E-state index contributed by atoms with van der Waals surface area (Å²) in [7, 11) is 0. The van der Waals surface area contributed by atoms with Crippen LogP contribution in [0.25, 0.3) is 0 Å². The van der Waals surface area contributed by atoms with Crippen LogP contribution >= 0.6 is 0 Å². The third kappa shape index (κ3) is 3.29. The Balaban J connectivity index is 1.95. The average Bonchev–Trinajstić information content (AvgIpc) is 3.00. The maximum absolute atomic E-state index is 10.6. The Morgan fingerprint density at radius 3 is 3.00 bits per heavy atom. The van der Waals surface area contributed by atoms with Crippen LogP contribution in [0.15, 0.2) is 4.52 Å². The number of aliphatic carboxylic acids is 1. The quantitative estimate of drug-likeness (QED) is 0.722. The highest BCUT2D eigenvalue weighted by Crippen LogP contribution is 2.38. The largest absolute Gasteiger partial charge is 0.480 e. The zero-order valence-electron chi connectivity index (χ0n) is 9.30. The normalized spacial score (nSPS) is 14.8. The molecule has 6 heteroatoms. The lowest BCUT2D eigenvalue weighted by Crippen LogP contribution is -2.29. The van der Waals surface area contributed by atoms with Gasteiger partial charge < -0.3 is 9.63 Å². The van der Waals surface area contributed by atoms with Crippen LogP contribution in [-0.2, 0) is 11.3 Å². The Kier molecular flexibility index (Phi) is 3.40. The van der Waals surface area contributed by atoms with Crippen molar-refractivity contribution >= 4 is 5.97 Å². The molecule has 0 saturated heterocycles. The summed E-state index contributed by atoms with van der Waals surface area (Å²) in [5.41, 5.74) is 0. The minimum atomic E-state index is -0.929. The number of hydrogen-bond donors (Lipinski definition) is 1. The van der Waals surface area contributed by atoms with Gasteiger partial charge in [-0.2, -0.15) is 4.98 Å². The topological polar surface area (TPSA) is 79.5 Å². The minimum absolute atomic E-state index is 0.134. The SMILES string of the molecule is C#CCN(CC(=O)O)Cc1nc(C2CC2)no1. The Bertz CT molecular complexity index is 445. The van der Waals surface area contributed by atoms with Gasteiger partial charge in [0.1, 0.15) is 0 Å². The van der Waals surface area contributed by atoms with Gasteiger partial charge in [-0.25, -0.2) is 0 Å². The van der Waals surface area contributed by atoms with E-state index in [9.17, 15) is 4.79 Å². The molecule has 1 aromatic rings. The number of carboxylic acid groups (broad SMARTS) is 1. The van der Waals surface area contributed by atoms with Gasteiger partial charge in [-0.15, -0.1) is 6.42 Å². The van der Waals surface area contributed by atoms with E-state index in [4.69, 9.17) is 16.1 Å².